The molecule has 5 nitrogen and oxygen atoms in total. The zero-order valence-corrected chi connectivity index (χ0v) is 13.0. The molecule has 0 fully saturated rings. The van der Waals surface area contributed by atoms with Gasteiger partial charge in [-0.1, -0.05) is 6.07 Å². The number of thiophene rings is 1. The highest BCUT2D eigenvalue weighted by Gasteiger charge is 2.16. The average Bonchev–Trinajstić information content (AvgIpc) is 2.83. The molecule has 0 aliphatic carbocycles. The lowest BCUT2D eigenvalue weighted by Gasteiger charge is -2.16. The summed E-state index contributed by atoms with van der Waals surface area (Å²) in [4.78, 5) is 25.0. The molecule has 0 spiro atoms. The van der Waals surface area contributed by atoms with Gasteiger partial charge in [-0.05, 0) is 34.1 Å². The van der Waals surface area contributed by atoms with Crippen molar-refractivity contribution in [1.29, 1.82) is 0 Å². The molecule has 0 unspecified atom stereocenters. The number of nitro benzene ring substituents is 1. The lowest BCUT2D eigenvalue weighted by molar-refractivity contribution is -0.384. The van der Waals surface area contributed by atoms with Crippen LogP contribution >= 0.6 is 27.3 Å². The van der Waals surface area contributed by atoms with Crippen LogP contribution in [-0.2, 0) is 6.54 Å². The number of amides is 1. The molecule has 0 radical (unpaired) electrons. The highest BCUT2D eigenvalue weighted by atomic mass is 79.9. The Morgan fingerprint density at radius 1 is 1.40 bits per heavy atom. The maximum Gasteiger partial charge on any atom is 0.270 e. The summed E-state index contributed by atoms with van der Waals surface area (Å²) in [6, 6.07) is 9.62. The summed E-state index contributed by atoms with van der Waals surface area (Å²) in [5.41, 5.74) is 0.237. The third kappa shape index (κ3) is 3.43. The predicted octanol–water partition coefficient (Wildman–Crippen LogP) is 3.69. The predicted molar refractivity (Wildman–Crippen MR) is 80.9 cm³/mol. The van der Waals surface area contributed by atoms with E-state index in [1.54, 1.807) is 24.5 Å². The SMILES string of the molecule is CN(Cc1ccc(Br)s1)C(=O)c1cccc([N+](=O)[O-])c1. The molecular weight excluding hydrogens is 344 g/mol. The van der Waals surface area contributed by atoms with Crippen molar-refractivity contribution in [1.82, 2.24) is 4.90 Å². The molecule has 7 heteroatoms. The minimum absolute atomic E-state index is 0.0804. The van der Waals surface area contributed by atoms with Crippen molar-refractivity contribution < 1.29 is 9.72 Å². The highest BCUT2D eigenvalue weighted by Crippen LogP contribution is 2.23. The summed E-state index contributed by atoms with van der Waals surface area (Å²) in [6.07, 6.45) is 0. The quantitative estimate of drug-likeness (QED) is 0.621. The zero-order valence-electron chi connectivity index (χ0n) is 10.6. The Morgan fingerprint density at radius 2 is 2.15 bits per heavy atom. The summed E-state index contributed by atoms with van der Waals surface area (Å²) in [5.74, 6) is -0.238. The van der Waals surface area contributed by atoms with E-state index in [1.165, 1.54) is 23.1 Å². The number of non-ortho nitro benzene ring substituents is 1. The number of nitro groups is 1. The normalized spacial score (nSPS) is 10.3. The lowest BCUT2D eigenvalue weighted by atomic mass is 10.2. The van der Waals surface area contributed by atoms with Gasteiger partial charge in [0.25, 0.3) is 11.6 Å². The van der Waals surface area contributed by atoms with Crippen LogP contribution in [0.1, 0.15) is 15.2 Å². The number of halogens is 1. The first-order valence-electron chi connectivity index (χ1n) is 5.71. The van der Waals surface area contributed by atoms with Gasteiger partial charge in [-0.3, -0.25) is 14.9 Å². The summed E-state index contributed by atoms with van der Waals surface area (Å²) >= 11 is 4.92. The lowest BCUT2D eigenvalue weighted by Crippen LogP contribution is -2.25. The summed E-state index contributed by atoms with van der Waals surface area (Å²) < 4.78 is 1.00. The van der Waals surface area contributed by atoms with Gasteiger partial charge in [0, 0.05) is 29.6 Å². The first kappa shape index (κ1) is 14.7. The fourth-order valence-corrected chi connectivity index (χ4v) is 3.25. The van der Waals surface area contributed by atoms with Crippen molar-refractivity contribution in [3.8, 4) is 0 Å². The second-order valence-corrected chi connectivity index (χ2v) is 6.72. The van der Waals surface area contributed by atoms with Gasteiger partial charge in [-0.25, -0.2) is 0 Å². The van der Waals surface area contributed by atoms with Crippen LogP contribution < -0.4 is 0 Å². The molecule has 0 saturated heterocycles. The van der Waals surface area contributed by atoms with E-state index in [1.807, 2.05) is 12.1 Å². The van der Waals surface area contributed by atoms with Crippen LogP contribution in [0.2, 0.25) is 0 Å². The van der Waals surface area contributed by atoms with Gasteiger partial charge in [0.2, 0.25) is 0 Å². The minimum atomic E-state index is -0.507. The molecule has 104 valence electrons. The minimum Gasteiger partial charge on any atom is -0.337 e. The van der Waals surface area contributed by atoms with Crippen molar-refractivity contribution in [2.75, 3.05) is 7.05 Å². The van der Waals surface area contributed by atoms with Crippen LogP contribution in [0.5, 0.6) is 0 Å². The van der Waals surface area contributed by atoms with E-state index in [-0.39, 0.29) is 11.6 Å². The Kier molecular flexibility index (Phi) is 4.51. The maximum atomic E-state index is 12.2. The zero-order chi connectivity index (χ0) is 14.7. The molecule has 1 aromatic carbocycles. The average molecular weight is 355 g/mol. The largest absolute Gasteiger partial charge is 0.337 e. The Morgan fingerprint density at radius 3 is 2.75 bits per heavy atom. The van der Waals surface area contributed by atoms with E-state index in [0.29, 0.717) is 12.1 Å². The number of hydrogen-bond donors (Lipinski definition) is 0. The Balaban J connectivity index is 2.14. The van der Waals surface area contributed by atoms with Gasteiger partial charge in [0.05, 0.1) is 15.3 Å². The molecule has 1 heterocycles. The maximum absolute atomic E-state index is 12.2. The standard InChI is InChI=1S/C13H11BrN2O3S/c1-15(8-11-5-6-12(14)20-11)13(17)9-3-2-4-10(7-9)16(18)19/h2-7H,8H2,1H3. The number of nitrogens with zero attached hydrogens (tertiary/aromatic N) is 2. The van der Waals surface area contributed by atoms with Gasteiger partial charge in [0.15, 0.2) is 0 Å². The van der Waals surface area contributed by atoms with E-state index in [0.717, 1.165) is 8.66 Å². The molecule has 0 atom stereocenters. The van der Waals surface area contributed by atoms with E-state index < -0.39 is 4.92 Å². The van der Waals surface area contributed by atoms with Crippen LogP contribution in [0.25, 0.3) is 0 Å². The second kappa shape index (κ2) is 6.15. The molecular formula is C13H11BrN2O3S. The van der Waals surface area contributed by atoms with E-state index >= 15 is 0 Å². The van der Waals surface area contributed by atoms with Crippen LogP contribution in [0.3, 0.4) is 0 Å². The molecule has 0 aliphatic heterocycles. The highest BCUT2D eigenvalue weighted by molar-refractivity contribution is 9.11. The fraction of sp³-hybridized carbons (Fsp3) is 0.154. The number of carbonyl (C=O) groups excluding carboxylic acids is 1. The molecule has 2 aromatic rings. The van der Waals surface area contributed by atoms with E-state index in [4.69, 9.17) is 0 Å². The van der Waals surface area contributed by atoms with Gasteiger partial charge in [0.1, 0.15) is 0 Å². The van der Waals surface area contributed by atoms with Crippen molar-refractivity contribution in [2.45, 2.75) is 6.54 Å². The van der Waals surface area contributed by atoms with Crippen LogP contribution in [0.4, 0.5) is 5.69 Å². The van der Waals surface area contributed by atoms with Crippen molar-refractivity contribution in [2.24, 2.45) is 0 Å². The Hall–Kier alpha value is -1.73. The molecule has 0 aliphatic rings. The first-order valence-corrected chi connectivity index (χ1v) is 7.32. The third-order valence-electron chi connectivity index (χ3n) is 2.67. The van der Waals surface area contributed by atoms with Crippen LogP contribution in [-0.4, -0.2) is 22.8 Å². The fourth-order valence-electron chi connectivity index (χ4n) is 1.72. The first-order chi connectivity index (χ1) is 9.47. The van der Waals surface area contributed by atoms with Gasteiger partial charge < -0.3 is 4.90 Å². The molecule has 1 amide bonds. The number of rotatable bonds is 4. The van der Waals surface area contributed by atoms with Gasteiger partial charge >= 0.3 is 0 Å². The third-order valence-corrected chi connectivity index (χ3v) is 4.28. The number of benzene rings is 1. The second-order valence-electron chi connectivity index (χ2n) is 4.17. The number of carbonyl (C=O) groups is 1. The van der Waals surface area contributed by atoms with Crippen LogP contribution in [0.15, 0.2) is 40.2 Å². The smallest absolute Gasteiger partial charge is 0.270 e. The van der Waals surface area contributed by atoms with Gasteiger partial charge in [-0.2, -0.15) is 0 Å². The number of hydrogen-bond acceptors (Lipinski definition) is 4. The Labute approximate surface area is 128 Å². The van der Waals surface area contributed by atoms with Crippen LogP contribution in [0, 0.1) is 10.1 Å². The Bertz CT molecular complexity index is 657. The molecule has 0 N–H and O–H groups in total. The topological polar surface area (TPSA) is 63.5 Å². The van der Waals surface area contributed by atoms with Crippen molar-refractivity contribution in [3.63, 3.8) is 0 Å². The van der Waals surface area contributed by atoms with Crippen molar-refractivity contribution in [3.05, 3.63) is 60.7 Å². The molecule has 0 saturated carbocycles. The van der Waals surface area contributed by atoms with E-state index in [9.17, 15) is 14.9 Å². The molecule has 1 aromatic heterocycles. The summed E-state index contributed by atoms with van der Waals surface area (Å²) in [5, 5.41) is 10.7. The summed E-state index contributed by atoms with van der Waals surface area (Å²) in [7, 11) is 1.68. The van der Waals surface area contributed by atoms with E-state index in [2.05, 4.69) is 15.9 Å². The monoisotopic (exact) mass is 354 g/mol. The summed E-state index contributed by atoms with van der Waals surface area (Å²) in [6.45, 7) is 0.470. The van der Waals surface area contributed by atoms with Gasteiger partial charge in [-0.15, -0.1) is 11.3 Å². The molecule has 2 rings (SSSR count). The molecule has 0 bridgehead atoms. The molecule has 20 heavy (non-hydrogen) atoms. The van der Waals surface area contributed by atoms with Crippen molar-refractivity contribution >= 4 is 38.9 Å².